The van der Waals surface area contributed by atoms with E-state index < -0.39 is 11.5 Å². The number of carbonyl (C=O) groups is 1. The number of nitrogens with one attached hydrogen (secondary N) is 1. The number of ether oxygens (including phenoxy) is 1. The van der Waals surface area contributed by atoms with Crippen LogP contribution in [0.5, 0.6) is 5.75 Å². The van der Waals surface area contributed by atoms with Crippen molar-refractivity contribution >= 4 is 24.4 Å². The largest absolute Gasteiger partial charge is 0.494 e. The zero-order valence-corrected chi connectivity index (χ0v) is 15.2. The topological polar surface area (TPSA) is 110 Å². The van der Waals surface area contributed by atoms with E-state index in [0.29, 0.717) is 6.61 Å². The van der Waals surface area contributed by atoms with Crippen molar-refractivity contribution in [2.24, 2.45) is 5.10 Å². The molecule has 0 bridgehead atoms. The first-order valence-corrected chi connectivity index (χ1v) is 8.61. The summed E-state index contributed by atoms with van der Waals surface area (Å²) in [4.78, 5) is 23.0. The summed E-state index contributed by atoms with van der Waals surface area (Å²) in [5.74, 6) is -0.241. The van der Waals surface area contributed by atoms with E-state index in [-0.39, 0.29) is 23.3 Å². The van der Waals surface area contributed by atoms with E-state index >= 15 is 0 Å². The van der Waals surface area contributed by atoms with E-state index in [2.05, 4.69) is 22.2 Å². The van der Waals surface area contributed by atoms with Crippen LogP contribution in [0.15, 0.2) is 34.2 Å². The molecule has 1 heterocycles. The fraction of sp³-hybridized carbons (Fsp3) is 0.353. The molecule has 26 heavy (non-hydrogen) atoms. The molecule has 9 heteroatoms. The van der Waals surface area contributed by atoms with Crippen molar-refractivity contribution in [3.8, 4) is 5.75 Å². The van der Waals surface area contributed by atoms with Crippen molar-refractivity contribution in [2.45, 2.75) is 32.6 Å². The van der Waals surface area contributed by atoms with Crippen molar-refractivity contribution in [1.29, 1.82) is 0 Å². The summed E-state index contributed by atoms with van der Waals surface area (Å²) in [6.07, 6.45) is 3.36. The average Bonchev–Trinajstić information content (AvgIpc) is 2.62. The Kier molecular flexibility index (Phi) is 7.22. The van der Waals surface area contributed by atoms with Crippen molar-refractivity contribution < 1.29 is 14.6 Å². The minimum atomic E-state index is -1.01. The fourth-order valence-electron chi connectivity index (χ4n) is 2.03. The summed E-state index contributed by atoms with van der Waals surface area (Å²) >= 11 is 5.03. The third-order valence-electron chi connectivity index (χ3n) is 3.46. The molecule has 0 unspecified atom stereocenters. The third-order valence-corrected chi connectivity index (χ3v) is 3.73. The molecular formula is C17H20N4O4S. The highest BCUT2D eigenvalue weighted by Gasteiger charge is 2.08. The van der Waals surface area contributed by atoms with Gasteiger partial charge in [0.2, 0.25) is 4.77 Å². The SMILES string of the molecule is CCCCOc1ccc(/C=N\n2c(=S)[nH]nc(CCC(=O)O)c2=O)cc1. The van der Waals surface area contributed by atoms with Crippen LogP contribution in [0.25, 0.3) is 0 Å². The van der Waals surface area contributed by atoms with Crippen LogP contribution >= 0.6 is 12.2 Å². The number of nitrogens with zero attached hydrogens (tertiary/aromatic N) is 3. The first-order valence-electron chi connectivity index (χ1n) is 8.21. The summed E-state index contributed by atoms with van der Waals surface area (Å²) in [6.45, 7) is 2.77. The van der Waals surface area contributed by atoms with E-state index in [1.165, 1.54) is 6.21 Å². The normalized spacial score (nSPS) is 11.0. The van der Waals surface area contributed by atoms with Gasteiger partial charge in [0.25, 0.3) is 5.56 Å². The molecule has 0 aliphatic rings. The predicted molar refractivity (Wildman–Crippen MR) is 99.5 cm³/mol. The van der Waals surface area contributed by atoms with Gasteiger partial charge in [0, 0.05) is 6.42 Å². The van der Waals surface area contributed by atoms with E-state index in [0.717, 1.165) is 28.8 Å². The molecule has 8 nitrogen and oxygen atoms in total. The van der Waals surface area contributed by atoms with Crippen molar-refractivity contribution in [3.05, 3.63) is 50.6 Å². The summed E-state index contributed by atoms with van der Waals surface area (Å²) in [5, 5.41) is 19.1. The molecule has 0 radical (unpaired) electrons. The number of aliphatic carboxylic acids is 1. The quantitative estimate of drug-likeness (QED) is 0.395. The number of aromatic nitrogens is 3. The maximum Gasteiger partial charge on any atom is 0.303 e. The van der Waals surface area contributed by atoms with Crippen LogP contribution in [-0.2, 0) is 11.2 Å². The van der Waals surface area contributed by atoms with Crippen LogP contribution in [-0.4, -0.2) is 38.8 Å². The molecule has 0 amide bonds. The number of rotatable bonds is 9. The highest BCUT2D eigenvalue weighted by atomic mass is 32.1. The Balaban J connectivity index is 2.14. The maximum absolute atomic E-state index is 12.3. The van der Waals surface area contributed by atoms with Crippen molar-refractivity contribution in [2.75, 3.05) is 6.61 Å². The molecule has 1 aromatic carbocycles. The first-order chi connectivity index (χ1) is 12.5. The summed E-state index contributed by atoms with van der Waals surface area (Å²) < 4.78 is 6.61. The smallest absolute Gasteiger partial charge is 0.303 e. The zero-order chi connectivity index (χ0) is 18.9. The number of hydrogen-bond donors (Lipinski definition) is 2. The summed E-state index contributed by atoms with van der Waals surface area (Å²) in [7, 11) is 0. The van der Waals surface area contributed by atoms with Gasteiger partial charge in [-0.15, -0.1) is 0 Å². The van der Waals surface area contributed by atoms with Gasteiger partial charge < -0.3 is 9.84 Å². The molecule has 2 aromatic rings. The third kappa shape index (κ3) is 5.62. The number of carboxylic acids is 1. The standard InChI is InChI=1S/C17H20N4O4S/c1-2-3-10-25-13-6-4-12(5-7-13)11-18-21-16(24)14(8-9-15(22)23)19-20-17(21)26/h4-7,11H,2-3,8-10H2,1H3,(H,20,26)(H,22,23)/b18-11-. The lowest BCUT2D eigenvalue weighted by Gasteiger charge is -2.05. The van der Waals surface area contributed by atoms with Gasteiger partial charge in [0.1, 0.15) is 11.4 Å². The van der Waals surface area contributed by atoms with Gasteiger partial charge >= 0.3 is 5.97 Å². The number of aryl methyl sites for hydroxylation is 1. The molecule has 0 atom stereocenters. The van der Waals surface area contributed by atoms with Gasteiger partial charge in [0.05, 0.1) is 19.2 Å². The van der Waals surface area contributed by atoms with E-state index in [9.17, 15) is 9.59 Å². The van der Waals surface area contributed by atoms with E-state index in [4.69, 9.17) is 22.1 Å². The Hall–Kier alpha value is -2.81. The molecule has 0 fully saturated rings. The zero-order valence-electron chi connectivity index (χ0n) is 14.3. The lowest BCUT2D eigenvalue weighted by atomic mass is 10.2. The van der Waals surface area contributed by atoms with Crippen LogP contribution < -0.4 is 10.3 Å². The van der Waals surface area contributed by atoms with Crippen LogP contribution in [0, 0.1) is 4.77 Å². The Bertz CT molecular complexity index is 887. The summed E-state index contributed by atoms with van der Waals surface area (Å²) in [5.41, 5.74) is 0.293. The first kappa shape index (κ1) is 19.5. The Morgan fingerprint density at radius 2 is 2.15 bits per heavy atom. The number of carboxylic acid groups (broad SMARTS) is 1. The second-order valence-corrected chi connectivity index (χ2v) is 5.89. The lowest BCUT2D eigenvalue weighted by Crippen LogP contribution is -2.25. The van der Waals surface area contributed by atoms with Gasteiger partial charge in [-0.05, 0) is 48.5 Å². The lowest BCUT2D eigenvalue weighted by molar-refractivity contribution is -0.136. The molecule has 2 N–H and O–H groups in total. The molecule has 0 saturated heterocycles. The van der Waals surface area contributed by atoms with E-state index in [1.54, 1.807) is 0 Å². The van der Waals surface area contributed by atoms with Crippen LogP contribution in [0.1, 0.15) is 37.4 Å². The maximum atomic E-state index is 12.3. The average molecular weight is 376 g/mol. The van der Waals surface area contributed by atoms with Gasteiger partial charge in [-0.3, -0.25) is 14.7 Å². The molecule has 0 saturated carbocycles. The molecular weight excluding hydrogens is 356 g/mol. The number of unbranched alkanes of at least 4 members (excludes halogenated alkanes) is 1. The van der Waals surface area contributed by atoms with E-state index in [1.807, 2.05) is 24.3 Å². The van der Waals surface area contributed by atoms with Crippen LogP contribution in [0.4, 0.5) is 0 Å². The van der Waals surface area contributed by atoms with Crippen LogP contribution in [0.3, 0.4) is 0 Å². The summed E-state index contributed by atoms with van der Waals surface area (Å²) in [6, 6.07) is 7.28. The van der Waals surface area contributed by atoms with Gasteiger partial charge in [-0.25, -0.2) is 0 Å². The number of benzene rings is 1. The van der Waals surface area contributed by atoms with Gasteiger partial charge in [0.15, 0.2) is 0 Å². The second kappa shape index (κ2) is 9.62. The number of H-pyrrole nitrogens is 1. The predicted octanol–water partition coefficient (Wildman–Crippen LogP) is 2.38. The van der Waals surface area contributed by atoms with Crippen LogP contribution in [0.2, 0.25) is 0 Å². The number of aromatic amines is 1. The monoisotopic (exact) mass is 376 g/mol. The fourth-order valence-corrected chi connectivity index (χ4v) is 2.20. The van der Waals surface area contributed by atoms with Crippen molar-refractivity contribution in [3.63, 3.8) is 0 Å². The number of hydrogen-bond acceptors (Lipinski definition) is 6. The minimum Gasteiger partial charge on any atom is -0.494 e. The second-order valence-electron chi connectivity index (χ2n) is 5.50. The Morgan fingerprint density at radius 1 is 1.42 bits per heavy atom. The minimum absolute atomic E-state index is 0.000401. The molecule has 0 aliphatic carbocycles. The highest BCUT2D eigenvalue weighted by Crippen LogP contribution is 2.11. The van der Waals surface area contributed by atoms with Gasteiger partial charge in [-0.2, -0.15) is 14.9 Å². The van der Waals surface area contributed by atoms with Gasteiger partial charge in [-0.1, -0.05) is 13.3 Å². The molecule has 2 rings (SSSR count). The van der Waals surface area contributed by atoms with Crippen molar-refractivity contribution in [1.82, 2.24) is 14.9 Å². The Labute approximate surface area is 155 Å². The highest BCUT2D eigenvalue weighted by molar-refractivity contribution is 7.71. The molecule has 1 aromatic heterocycles. The Morgan fingerprint density at radius 3 is 2.81 bits per heavy atom. The molecule has 0 spiro atoms. The molecule has 138 valence electrons. The molecule has 0 aliphatic heterocycles.